The van der Waals surface area contributed by atoms with E-state index in [2.05, 4.69) is 15.3 Å². The van der Waals surface area contributed by atoms with Crippen LogP contribution in [0.5, 0.6) is 5.88 Å². The molecule has 21 heavy (non-hydrogen) atoms. The molecule has 0 spiro atoms. The fourth-order valence-electron chi connectivity index (χ4n) is 2.11. The Balaban J connectivity index is 2.10. The van der Waals surface area contributed by atoms with Crippen molar-refractivity contribution in [2.75, 3.05) is 18.5 Å². The maximum Gasteiger partial charge on any atom is 0.221 e. The van der Waals surface area contributed by atoms with Gasteiger partial charge in [-0.25, -0.2) is 9.97 Å². The van der Waals surface area contributed by atoms with E-state index >= 15 is 0 Å². The van der Waals surface area contributed by atoms with Gasteiger partial charge in [0.05, 0.1) is 24.8 Å². The van der Waals surface area contributed by atoms with Crippen molar-refractivity contribution in [2.24, 2.45) is 0 Å². The molecular weight excluding hydrogens is 266 g/mol. The highest BCUT2D eigenvalue weighted by Crippen LogP contribution is 2.21. The molecule has 0 radical (unpaired) electrons. The number of hydrogen-bond donors (Lipinski definition) is 2. The number of rotatable bonds is 7. The Morgan fingerprint density at radius 3 is 2.67 bits per heavy atom. The predicted octanol–water partition coefficient (Wildman–Crippen LogP) is 2.20. The van der Waals surface area contributed by atoms with Crippen LogP contribution in [0, 0.1) is 6.92 Å². The van der Waals surface area contributed by atoms with E-state index in [1.165, 1.54) is 11.9 Å². The van der Waals surface area contributed by atoms with Gasteiger partial charge in [-0.15, -0.1) is 0 Å². The lowest BCUT2D eigenvalue weighted by atomic mass is 10.1. The molecule has 112 valence electrons. The second kappa shape index (κ2) is 7.59. The molecule has 2 aromatic rings. The smallest absolute Gasteiger partial charge is 0.221 e. The molecule has 0 aliphatic heterocycles. The van der Waals surface area contributed by atoms with Crippen LogP contribution in [0.3, 0.4) is 0 Å². The first-order valence-corrected chi connectivity index (χ1v) is 7.10. The first-order chi connectivity index (χ1) is 10.2. The number of aliphatic hydroxyl groups excluding tert-OH is 1. The summed E-state index contributed by atoms with van der Waals surface area (Å²) in [6.07, 6.45) is 2.20. The minimum Gasteiger partial charge on any atom is -0.478 e. The Kier molecular flexibility index (Phi) is 5.51. The van der Waals surface area contributed by atoms with Crippen LogP contribution in [0.15, 0.2) is 36.7 Å². The van der Waals surface area contributed by atoms with Gasteiger partial charge in [-0.1, -0.05) is 30.3 Å². The van der Waals surface area contributed by atoms with Crippen LogP contribution in [0.25, 0.3) is 0 Å². The van der Waals surface area contributed by atoms with Crippen LogP contribution < -0.4 is 10.1 Å². The summed E-state index contributed by atoms with van der Waals surface area (Å²) in [7, 11) is 0. The predicted molar refractivity (Wildman–Crippen MR) is 82.6 cm³/mol. The molecule has 0 saturated carbocycles. The molecule has 2 rings (SSSR count). The molecule has 0 aliphatic rings. The molecule has 1 aromatic carbocycles. The highest BCUT2D eigenvalue weighted by Gasteiger charge is 2.13. The van der Waals surface area contributed by atoms with E-state index in [1.807, 2.05) is 44.2 Å². The van der Waals surface area contributed by atoms with Crippen molar-refractivity contribution in [1.82, 2.24) is 9.97 Å². The lowest BCUT2D eigenvalue weighted by Gasteiger charge is -2.19. The summed E-state index contributed by atoms with van der Waals surface area (Å²) in [4.78, 5) is 8.35. The van der Waals surface area contributed by atoms with E-state index in [0.29, 0.717) is 18.3 Å². The quantitative estimate of drug-likeness (QED) is 0.817. The number of hydrogen-bond acceptors (Lipinski definition) is 5. The van der Waals surface area contributed by atoms with Crippen molar-refractivity contribution in [1.29, 1.82) is 0 Å². The van der Waals surface area contributed by atoms with Gasteiger partial charge in [0.1, 0.15) is 12.1 Å². The van der Waals surface area contributed by atoms with Crippen molar-refractivity contribution in [3.05, 3.63) is 47.8 Å². The number of anilines is 1. The summed E-state index contributed by atoms with van der Waals surface area (Å²) < 4.78 is 5.46. The molecule has 1 aromatic heterocycles. The van der Waals surface area contributed by atoms with Crippen LogP contribution in [0.4, 0.5) is 5.82 Å². The second-order valence-corrected chi connectivity index (χ2v) is 4.80. The SMILES string of the molecule is CCOc1ncnc(NC(CO)Cc2ccccc2)c1C. The zero-order chi connectivity index (χ0) is 15.1. The molecule has 5 heteroatoms. The summed E-state index contributed by atoms with van der Waals surface area (Å²) >= 11 is 0. The van der Waals surface area contributed by atoms with Crippen LogP contribution in [-0.4, -0.2) is 34.3 Å². The summed E-state index contributed by atoms with van der Waals surface area (Å²) in [5, 5.41) is 12.8. The van der Waals surface area contributed by atoms with Gasteiger partial charge in [-0.3, -0.25) is 0 Å². The van der Waals surface area contributed by atoms with E-state index in [1.54, 1.807) is 0 Å². The zero-order valence-corrected chi connectivity index (χ0v) is 12.4. The highest BCUT2D eigenvalue weighted by molar-refractivity contribution is 5.48. The Bertz CT molecular complexity index is 561. The van der Waals surface area contributed by atoms with E-state index in [0.717, 1.165) is 12.0 Å². The minimum absolute atomic E-state index is 0.0301. The fraction of sp³-hybridized carbons (Fsp3) is 0.375. The van der Waals surface area contributed by atoms with Gasteiger partial charge < -0.3 is 15.2 Å². The Morgan fingerprint density at radius 2 is 2.00 bits per heavy atom. The van der Waals surface area contributed by atoms with Gasteiger partial charge in [-0.05, 0) is 25.8 Å². The number of benzene rings is 1. The highest BCUT2D eigenvalue weighted by atomic mass is 16.5. The van der Waals surface area contributed by atoms with E-state index < -0.39 is 0 Å². The molecule has 0 amide bonds. The average molecular weight is 287 g/mol. The van der Waals surface area contributed by atoms with E-state index in [9.17, 15) is 5.11 Å². The molecule has 1 heterocycles. The largest absolute Gasteiger partial charge is 0.478 e. The van der Waals surface area contributed by atoms with Gasteiger partial charge in [-0.2, -0.15) is 0 Å². The normalized spacial score (nSPS) is 12.0. The molecule has 0 fully saturated rings. The molecular formula is C16H21N3O2. The third kappa shape index (κ3) is 4.16. The average Bonchev–Trinajstić information content (AvgIpc) is 2.51. The maximum absolute atomic E-state index is 9.58. The number of nitrogens with one attached hydrogen (secondary N) is 1. The van der Waals surface area contributed by atoms with Crippen molar-refractivity contribution >= 4 is 5.82 Å². The Labute approximate surface area is 125 Å². The lowest BCUT2D eigenvalue weighted by Crippen LogP contribution is -2.27. The molecule has 0 aliphatic carbocycles. The summed E-state index contributed by atoms with van der Waals surface area (Å²) in [6.45, 7) is 4.41. The Morgan fingerprint density at radius 1 is 1.24 bits per heavy atom. The zero-order valence-electron chi connectivity index (χ0n) is 12.4. The van der Waals surface area contributed by atoms with Crippen LogP contribution in [0.1, 0.15) is 18.1 Å². The molecule has 1 unspecified atom stereocenters. The van der Waals surface area contributed by atoms with Crippen molar-refractivity contribution < 1.29 is 9.84 Å². The van der Waals surface area contributed by atoms with Gasteiger partial charge >= 0.3 is 0 Å². The van der Waals surface area contributed by atoms with E-state index in [-0.39, 0.29) is 12.6 Å². The fourth-order valence-corrected chi connectivity index (χ4v) is 2.11. The first-order valence-electron chi connectivity index (χ1n) is 7.10. The van der Waals surface area contributed by atoms with Gasteiger partial charge in [0, 0.05) is 0 Å². The molecule has 1 atom stereocenters. The summed E-state index contributed by atoms with van der Waals surface area (Å²) in [5.41, 5.74) is 2.02. The number of nitrogens with zero attached hydrogens (tertiary/aromatic N) is 2. The van der Waals surface area contributed by atoms with E-state index in [4.69, 9.17) is 4.74 Å². The van der Waals surface area contributed by atoms with Gasteiger partial charge in [0.25, 0.3) is 0 Å². The van der Waals surface area contributed by atoms with Crippen LogP contribution >= 0.6 is 0 Å². The standard InChI is InChI=1S/C16H21N3O2/c1-3-21-16-12(2)15(17-11-18-16)19-14(10-20)9-13-7-5-4-6-8-13/h4-8,11,14,20H,3,9-10H2,1-2H3,(H,17,18,19). The second-order valence-electron chi connectivity index (χ2n) is 4.80. The Hall–Kier alpha value is -2.14. The lowest BCUT2D eigenvalue weighted by molar-refractivity contribution is 0.273. The van der Waals surface area contributed by atoms with Gasteiger partial charge in [0.15, 0.2) is 0 Å². The topological polar surface area (TPSA) is 67.3 Å². The van der Waals surface area contributed by atoms with Crippen molar-refractivity contribution in [3.8, 4) is 5.88 Å². The number of aromatic nitrogens is 2. The van der Waals surface area contributed by atoms with Gasteiger partial charge in [0.2, 0.25) is 5.88 Å². The van der Waals surface area contributed by atoms with Crippen molar-refractivity contribution in [2.45, 2.75) is 26.3 Å². The first kappa shape index (κ1) is 15.3. The van der Waals surface area contributed by atoms with Crippen LogP contribution in [0.2, 0.25) is 0 Å². The monoisotopic (exact) mass is 287 g/mol. The number of aliphatic hydroxyl groups is 1. The summed E-state index contributed by atoms with van der Waals surface area (Å²) in [6, 6.07) is 9.95. The molecule has 0 saturated heterocycles. The molecule has 5 nitrogen and oxygen atoms in total. The maximum atomic E-state index is 9.58. The number of ether oxygens (including phenoxy) is 1. The minimum atomic E-state index is -0.101. The third-order valence-corrected chi connectivity index (χ3v) is 3.21. The summed E-state index contributed by atoms with van der Waals surface area (Å²) in [5.74, 6) is 1.27. The molecule has 2 N–H and O–H groups in total. The van der Waals surface area contributed by atoms with Crippen molar-refractivity contribution in [3.63, 3.8) is 0 Å². The third-order valence-electron chi connectivity index (χ3n) is 3.21. The molecule has 0 bridgehead atoms. The van der Waals surface area contributed by atoms with Crippen LogP contribution in [-0.2, 0) is 6.42 Å².